The van der Waals surface area contributed by atoms with E-state index in [4.69, 9.17) is 10.8 Å². The Balaban J connectivity index is 1.91. The van der Waals surface area contributed by atoms with Crippen LogP contribution in [0, 0.1) is 0 Å². The van der Waals surface area contributed by atoms with Crippen LogP contribution in [0.5, 0.6) is 0 Å². The van der Waals surface area contributed by atoms with Crippen molar-refractivity contribution >= 4 is 5.97 Å². The van der Waals surface area contributed by atoms with E-state index >= 15 is 0 Å². The molecule has 1 aliphatic carbocycles. The number of rotatable bonds is 5. The quantitative estimate of drug-likeness (QED) is 0.827. The molecular weight excluding hydrogens is 230 g/mol. The molecule has 0 saturated heterocycles. The number of imidazole rings is 1. The van der Waals surface area contributed by atoms with Crippen molar-refractivity contribution in [2.75, 3.05) is 0 Å². The number of aliphatic carboxylic acids is 1. The summed E-state index contributed by atoms with van der Waals surface area (Å²) in [6.45, 7) is 2.38. The fraction of sp³-hybridized carbons (Fsp3) is 0.692. The van der Waals surface area contributed by atoms with Crippen molar-refractivity contribution in [1.82, 2.24) is 9.55 Å². The van der Waals surface area contributed by atoms with Crippen molar-refractivity contribution in [2.24, 2.45) is 5.73 Å². The first kappa shape index (κ1) is 13.1. The number of carbonyl (C=O) groups is 1. The third-order valence-corrected chi connectivity index (χ3v) is 3.69. The second-order valence-electron chi connectivity index (χ2n) is 5.36. The van der Waals surface area contributed by atoms with E-state index in [2.05, 4.69) is 9.55 Å². The molecule has 1 aromatic heterocycles. The Morgan fingerprint density at radius 2 is 2.28 bits per heavy atom. The molecule has 0 bridgehead atoms. The number of fused-ring (bicyclic) bond motifs is 1. The average Bonchev–Trinajstić information content (AvgIpc) is 2.72. The van der Waals surface area contributed by atoms with Crippen LogP contribution in [0.4, 0.5) is 0 Å². The highest BCUT2D eigenvalue weighted by molar-refractivity contribution is 5.77. The number of nitrogens with zero attached hydrogens (tertiary/aromatic N) is 2. The normalized spacial score (nSPS) is 18.1. The summed E-state index contributed by atoms with van der Waals surface area (Å²) in [5.74, 6) is -0.935. The van der Waals surface area contributed by atoms with Crippen molar-refractivity contribution in [3.63, 3.8) is 0 Å². The minimum absolute atomic E-state index is 0.481. The Morgan fingerprint density at radius 1 is 1.56 bits per heavy atom. The number of carboxylic acid groups (broad SMARTS) is 1. The molecule has 18 heavy (non-hydrogen) atoms. The lowest BCUT2D eigenvalue weighted by Crippen LogP contribution is -2.44. The largest absolute Gasteiger partial charge is 0.480 e. The summed E-state index contributed by atoms with van der Waals surface area (Å²) in [6.07, 6.45) is 7.74. The molecular formula is C13H21N3O2. The molecule has 1 aliphatic rings. The highest BCUT2D eigenvalue weighted by Gasteiger charge is 2.27. The number of carboxylic acids is 1. The molecule has 1 unspecified atom stereocenters. The van der Waals surface area contributed by atoms with E-state index in [1.165, 1.54) is 24.2 Å². The summed E-state index contributed by atoms with van der Waals surface area (Å²) in [5.41, 5.74) is 7.13. The van der Waals surface area contributed by atoms with Crippen molar-refractivity contribution in [2.45, 2.75) is 57.5 Å². The summed E-state index contributed by atoms with van der Waals surface area (Å²) >= 11 is 0. The standard InChI is InChI=1S/C13H21N3O2/c1-13(14,12(17)18)7-4-8-16-9-15-10-5-2-3-6-11(10)16/h9H,2-8,14H2,1H3,(H,17,18). The molecule has 1 heterocycles. The SMILES string of the molecule is CC(N)(CCCn1cnc2c1CCCC2)C(=O)O. The first-order valence-electron chi connectivity index (χ1n) is 6.56. The van der Waals surface area contributed by atoms with Gasteiger partial charge in [-0.2, -0.15) is 0 Å². The van der Waals surface area contributed by atoms with Gasteiger partial charge in [0, 0.05) is 12.2 Å². The average molecular weight is 251 g/mol. The van der Waals surface area contributed by atoms with Crippen LogP contribution < -0.4 is 5.73 Å². The van der Waals surface area contributed by atoms with Gasteiger partial charge in [0.15, 0.2) is 0 Å². The minimum atomic E-state index is -1.12. The first-order valence-corrected chi connectivity index (χ1v) is 6.56. The van der Waals surface area contributed by atoms with Gasteiger partial charge in [-0.3, -0.25) is 4.79 Å². The molecule has 0 amide bonds. The molecule has 1 atom stereocenters. The molecule has 2 rings (SSSR count). The molecule has 1 aromatic rings. The predicted octanol–water partition coefficient (Wildman–Crippen LogP) is 1.34. The lowest BCUT2D eigenvalue weighted by molar-refractivity contribution is -0.142. The number of hydrogen-bond donors (Lipinski definition) is 2. The monoisotopic (exact) mass is 251 g/mol. The van der Waals surface area contributed by atoms with Gasteiger partial charge in [0.2, 0.25) is 0 Å². The smallest absolute Gasteiger partial charge is 0.323 e. The van der Waals surface area contributed by atoms with Gasteiger partial charge in [-0.25, -0.2) is 4.98 Å². The molecule has 0 saturated carbocycles. The van der Waals surface area contributed by atoms with Gasteiger partial charge in [-0.1, -0.05) is 0 Å². The van der Waals surface area contributed by atoms with Gasteiger partial charge in [0.05, 0.1) is 12.0 Å². The highest BCUT2D eigenvalue weighted by atomic mass is 16.4. The molecule has 0 aliphatic heterocycles. The Labute approximate surface area is 107 Å². The van der Waals surface area contributed by atoms with Gasteiger partial charge < -0.3 is 15.4 Å². The number of aromatic nitrogens is 2. The first-order chi connectivity index (χ1) is 8.50. The summed E-state index contributed by atoms with van der Waals surface area (Å²) in [7, 11) is 0. The van der Waals surface area contributed by atoms with E-state index in [-0.39, 0.29) is 0 Å². The van der Waals surface area contributed by atoms with E-state index in [0.717, 1.165) is 25.8 Å². The van der Waals surface area contributed by atoms with Crippen molar-refractivity contribution in [3.8, 4) is 0 Å². The van der Waals surface area contributed by atoms with Crippen LogP contribution in [0.25, 0.3) is 0 Å². The minimum Gasteiger partial charge on any atom is -0.480 e. The van der Waals surface area contributed by atoms with Crippen LogP contribution in [0.15, 0.2) is 6.33 Å². The zero-order valence-electron chi connectivity index (χ0n) is 10.9. The fourth-order valence-corrected chi connectivity index (χ4v) is 2.45. The Bertz CT molecular complexity index is 437. The van der Waals surface area contributed by atoms with Gasteiger partial charge in [0.1, 0.15) is 5.54 Å². The summed E-state index contributed by atoms with van der Waals surface area (Å²) < 4.78 is 2.16. The second-order valence-corrected chi connectivity index (χ2v) is 5.36. The van der Waals surface area contributed by atoms with Crippen LogP contribution in [0.2, 0.25) is 0 Å². The van der Waals surface area contributed by atoms with Crippen LogP contribution >= 0.6 is 0 Å². The molecule has 0 radical (unpaired) electrons. The summed E-state index contributed by atoms with van der Waals surface area (Å²) in [4.78, 5) is 15.3. The summed E-state index contributed by atoms with van der Waals surface area (Å²) in [6, 6.07) is 0. The van der Waals surface area contributed by atoms with Gasteiger partial charge >= 0.3 is 5.97 Å². The molecule has 0 fully saturated rings. The highest BCUT2D eigenvalue weighted by Crippen LogP contribution is 2.20. The molecule has 0 aromatic carbocycles. The van der Waals surface area contributed by atoms with Crippen molar-refractivity contribution in [1.29, 1.82) is 0 Å². The van der Waals surface area contributed by atoms with Crippen LogP contribution in [-0.4, -0.2) is 26.2 Å². The predicted molar refractivity (Wildman–Crippen MR) is 68.3 cm³/mol. The Morgan fingerprint density at radius 3 is 3.00 bits per heavy atom. The lowest BCUT2D eigenvalue weighted by atomic mass is 9.97. The third kappa shape index (κ3) is 2.72. The lowest BCUT2D eigenvalue weighted by Gasteiger charge is -2.19. The fourth-order valence-electron chi connectivity index (χ4n) is 2.45. The van der Waals surface area contributed by atoms with E-state index in [0.29, 0.717) is 6.42 Å². The van der Waals surface area contributed by atoms with Crippen LogP contribution in [0.3, 0.4) is 0 Å². The third-order valence-electron chi connectivity index (χ3n) is 3.69. The Hall–Kier alpha value is -1.36. The van der Waals surface area contributed by atoms with Crippen LogP contribution in [-0.2, 0) is 24.2 Å². The Kier molecular flexibility index (Phi) is 3.71. The molecule has 5 heteroatoms. The second kappa shape index (κ2) is 5.10. The van der Waals surface area contributed by atoms with Gasteiger partial charge in [-0.05, 0) is 45.4 Å². The number of aryl methyl sites for hydroxylation is 2. The number of hydrogen-bond acceptors (Lipinski definition) is 3. The topological polar surface area (TPSA) is 81.1 Å². The van der Waals surface area contributed by atoms with Crippen molar-refractivity contribution < 1.29 is 9.90 Å². The van der Waals surface area contributed by atoms with Gasteiger partial charge in [-0.15, -0.1) is 0 Å². The molecule has 5 nitrogen and oxygen atoms in total. The van der Waals surface area contributed by atoms with E-state index in [9.17, 15) is 4.79 Å². The number of nitrogens with two attached hydrogens (primary N) is 1. The van der Waals surface area contributed by atoms with Gasteiger partial charge in [0.25, 0.3) is 0 Å². The molecule has 3 N–H and O–H groups in total. The maximum atomic E-state index is 10.9. The molecule has 0 spiro atoms. The zero-order chi connectivity index (χ0) is 13.2. The van der Waals surface area contributed by atoms with Crippen molar-refractivity contribution in [3.05, 3.63) is 17.7 Å². The van der Waals surface area contributed by atoms with Crippen LogP contribution in [0.1, 0.15) is 44.0 Å². The molecule has 100 valence electrons. The van der Waals surface area contributed by atoms with E-state index in [1.54, 1.807) is 6.92 Å². The van der Waals surface area contributed by atoms with E-state index < -0.39 is 11.5 Å². The zero-order valence-corrected chi connectivity index (χ0v) is 10.9. The van der Waals surface area contributed by atoms with E-state index in [1.807, 2.05) is 6.33 Å². The maximum absolute atomic E-state index is 10.9. The summed E-state index contributed by atoms with van der Waals surface area (Å²) in [5, 5.41) is 8.95. The maximum Gasteiger partial charge on any atom is 0.323 e.